The van der Waals surface area contributed by atoms with Gasteiger partial charge in [-0.3, -0.25) is 9.59 Å². The fourth-order valence-electron chi connectivity index (χ4n) is 2.87. The smallest absolute Gasteiger partial charge is 0.316 e. The topological polar surface area (TPSA) is 46.6 Å². The Labute approximate surface area is 150 Å². The number of amides is 1. The van der Waals surface area contributed by atoms with Gasteiger partial charge in [-0.05, 0) is 49.2 Å². The molecule has 1 aliphatic heterocycles. The van der Waals surface area contributed by atoms with Crippen molar-refractivity contribution in [2.45, 2.75) is 24.3 Å². The van der Waals surface area contributed by atoms with Gasteiger partial charge >= 0.3 is 5.97 Å². The molecule has 0 N–H and O–H groups in total. The van der Waals surface area contributed by atoms with Crippen molar-refractivity contribution in [1.29, 1.82) is 0 Å². The number of nitrogens with zero attached hydrogens (tertiary/aromatic N) is 1. The molecule has 0 radical (unpaired) electrons. The van der Waals surface area contributed by atoms with E-state index in [4.69, 9.17) is 4.74 Å². The van der Waals surface area contributed by atoms with Gasteiger partial charge < -0.3 is 9.64 Å². The van der Waals surface area contributed by atoms with Gasteiger partial charge in [0.05, 0.1) is 5.75 Å². The van der Waals surface area contributed by atoms with E-state index >= 15 is 0 Å². The number of thioether (sulfide) groups is 1. The maximum absolute atomic E-state index is 12.8. The zero-order valence-corrected chi connectivity index (χ0v) is 14.6. The molecule has 1 amide bonds. The summed E-state index contributed by atoms with van der Waals surface area (Å²) >= 11 is 1.24. The minimum atomic E-state index is -0.470. The molecule has 3 rings (SSSR count). The summed E-state index contributed by atoms with van der Waals surface area (Å²) < 4.78 is 17.9. The normalized spacial score (nSPS) is 15.8. The molecule has 0 fully saturated rings. The van der Waals surface area contributed by atoms with Gasteiger partial charge in [0.15, 0.2) is 6.61 Å². The summed E-state index contributed by atoms with van der Waals surface area (Å²) in [7, 11) is 0. The minimum Gasteiger partial charge on any atom is -0.455 e. The summed E-state index contributed by atoms with van der Waals surface area (Å²) in [6.07, 6.45) is 0.802. The van der Waals surface area contributed by atoms with Gasteiger partial charge in [0, 0.05) is 16.6 Å². The molecule has 25 heavy (non-hydrogen) atoms. The molecule has 1 heterocycles. The van der Waals surface area contributed by atoms with Crippen molar-refractivity contribution < 1.29 is 18.7 Å². The zero-order chi connectivity index (χ0) is 17.8. The maximum atomic E-state index is 12.8. The molecule has 0 spiro atoms. The molecular formula is C19H18FNO3S. The molecule has 2 aromatic carbocycles. The summed E-state index contributed by atoms with van der Waals surface area (Å²) in [4.78, 5) is 26.7. The van der Waals surface area contributed by atoms with Crippen LogP contribution in [0, 0.1) is 5.82 Å². The lowest BCUT2D eigenvalue weighted by Crippen LogP contribution is -2.38. The Morgan fingerprint density at radius 2 is 1.92 bits per heavy atom. The predicted molar refractivity (Wildman–Crippen MR) is 95.2 cm³/mol. The number of hydrogen-bond donors (Lipinski definition) is 0. The van der Waals surface area contributed by atoms with Crippen LogP contribution in [-0.4, -0.2) is 30.3 Å². The van der Waals surface area contributed by atoms with Crippen LogP contribution in [0.2, 0.25) is 0 Å². The third-order valence-electron chi connectivity index (χ3n) is 4.00. The van der Waals surface area contributed by atoms with Gasteiger partial charge in [-0.25, -0.2) is 4.39 Å². The van der Waals surface area contributed by atoms with Crippen molar-refractivity contribution in [3.8, 4) is 0 Å². The number of halogens is 1. The Morgan fingerprint density at radius 3 is 2.68 bits per heavy atom. The number of para-hydroxylation sites is 1. The first-order valence-electron chi connectivity index (χ1n) is 7.98. The van der Waals surface area contributed by atoms with E-state index < -0.39 is 5.97 Å². The fourth-order valence-corrected chi connectivity index (χ4v) is 3.57. The Kier molecular flexibility index (Phi) is 5.38. The summed E-state index contributed by atoms with van der Waals surface area (Å²) in [6, 6.07) is 13.7. The number of carbonyl (C=O) groups excluding carboxylic acids is 2. The third-order valence-corrected chi connectivity index (χ3v) is 4.99. The first-order valence-corrected chi connectivity index (χ1v) is 8.97. The number of rotatable bonds is 5. The molecule has 6 heteroatoms. The third kappa shape index (κ3) is 4.20. The van der Waals surface area contributed by atoms with Crippen LogP contribution in [0.5, 0.6) is 0 Å². The van der Waals surface area contributed by atoms with Crippen molar-refractivity contribution in [2.75, 3.05) is 17.3 Å². The van der Waals surface area contributed by atoms with Crippen molar-refractivity contribution in [1.82, 2.24) is 0 Å². The van der Waals surface area contributed by atoms with Gasteiger partial charge in [0.25, 0.3) is 5.91 Å². The zero-order valence-electron chi connectivity index (χ0n) is 13.8. The highest BCUT2D eigenvalue weighted by Gasteiger charge is 2.30. The largest absolute Gasteiger partial charge is 0.455 e. The average molecular weight is 359 g/mol. The minimum absolute atomic E-state index is 0.0530. The summed E-state index contributed by atoms with van der Waals surface area (Å²) in [6.45, 7) is 1.70. The van der Waals surface area contributed by atoms with Crippen LogP contribution in [0.15, 0.2) is 53.4 Å². The molecular weight excluding hydrogens is 341 g/mol. The van der Waals surface area contributed by atoms with E-state index in [2.05, 4.69) is 0 Å². The second kappa shape index (κ2) is 7.70. The SMILES string of the molecule is C[C@H]1Cc2ccccc2N1C(=O)COC(=O)CSc1ccc(F)cc1. The number of esters is 1. The molecule has 1 aliphatic rings. The number of ether oxygens (including phenoxy) is 1. The van der Waals surface area contributed by atoms with Crippen molar-refractivity contribution in [3.05, 3.63) is 59.9 Å². The molecule has 0 saturated heterocycles. The number of anilines is 1. The lowest BCUT2D eigenvalue weighted by Gasteiger charge is -2.22. The van der Waals surface area contributed by atoms with Crippen molar-refractivity contribution in [2.24, 2.45) is 0 Å². The number of carbonyl (C=O) groups is 2. The quantitative estimate of drug-likeness (QED) is 0.606. The van der Waals surface area contributed by atoms with Crippen LogP contribution in [0.25, 0.3) is 0 Å². The monoisotopic (exact) mass is 359 g/mol. The van der Waals surface area contributed by atoms with Crippen LogP contribution in [-0.2, 0) is 20.7 Å². The maximum Gasteiger partial charge on any atom is 0.316 e. The predicted octanol–water partition coefficient (Wildman–Crippen LogP) is 3.44. The Bertz CT molecular complexity index is 778. The van der Waals surface area contributed by atoms with Crippen molar-refractivity contribution >= 4 is 29.3 Å². The molecule has 2 aromatic rings. The van der Waals surface area contributed by atoms with Crippen LogP contribution in [0.4, 0.5) is 10.1 Å². The van der Waals surface area contributed by atoms with E-state index in [0.717, 1.165) is 22.6 Å². The number of benzene rings is 2. The van der Waals surface area contributed by atoms with Crippen LogP contribution < -0.4 is 4.90 Å². The second-order valence-corrected chi connectivity index (χ2v) is 6.90. The van der Waals surface area contributed by atoms with Crippen LogP contribution in [0.1, 0.15) is 12.5 Å². The van der Waals surface area contributed by atoms with Gasteiger partial charge in [-0.15, -0.1) is 11.8 Å². The molecule has 0 aliphatic carbocycles. The first kappa shape index (κ1) is 17.5. The Balaban J connectivity index is 1.50. The fraction of sp³-hybridized carbons (Fsp3) is 0.263. The molecule has 0 unspecified atom stereocenters. The Hall–Kier alpha value is -2.34. The molecule has 0 bridgehead atoms. The van der Waals surface area contributed by atoms with E-state index in [1.807, 2.05) is 31.2 Å². The summed E-state index contributed by atoms with van der Waals surface area (Å²) in [5.74, 6) is -0.941. The van der Waals surface area contributed by atoms with E-state index in [1.54, 1.807) is 17.0 Å². The lowest BCUT2D eigenvalue weighted by atomic mass is 10.1. The van der Waals surface area contributed by atoms with Crippen LogP contribution in [0.3, 0.4) is 0 Å². The molecule has 130 valence electrons. The molecule has 4 nitrogen and oxygen atoms in total. The highest BCUT2D eigenvalue weighted by molar-refractivity contribution is 8.00. The lowest BCUT2D eigenvalue weighted by molar-refractivity contribution is -0.145. The van der Waals surface area contributed by atoms with E-state index in [0.29, 0.717) is 0 Å². The second-order valence-electron chi connectivity index (χ2n) is 5.85. The first-order chi connectivity index (χ1) is 12.0. The van der Waals surface area contributed by atoms with Crippen LogP contribution >= 0.6 is 11.8 Å². The van der Waals surface area contributed by atoms with Gasteiger partial charge in [0.1, 0.15) is 5.82 Å². The Morgan fingerprint density at radius 1 is 1.20 bits per heavy atom. The van der Waals surface area contributed by atoms with E-state index in [1.165, 1.54) is 23.9 Å². The van der Waals surface area contributed by atoms with Gasteiger partial charge in [-0.2, -0.15) is 0 Å². The molecule has 1 atom stereocenters. The standard InChI is InChI=1S/C19H18FNO3S/c1-13-10-14-4-2-3-5-17(14)21(13)18(22)11-24-19(23)12-25-16-8-6-15(20)7-9-16/h2-9,13H,10-12H2,1H3/t13-/m0/s1. The number of fused-ring (bicyclic) bond motifs is 1. The summed E-state index contributed by atoms with van der Waals surface area (Å²) in [5.41, 5.74) is 2.01. The summed E-state index contributed by atoms with van der Waals surface area (Å²) in [5, 5.41) is 0. The van der Waals surface area contributed by atoms with E-state index in [-0.39, 0.29) is 30.1 Å². The average Bonchev–Trinajstić information content (AvgIpc) is 2.95. The highest BCUT2D eigenvalue weighted by Crippen LogP contribution is 2.31. The van der Waals surface area contributed by atoms with Gasteiger partial charge in [0.2, 0.25) is 0 Å². The van der Waals surface area contributed by atoms with Gasteiger partial charge in [-0.1, -0.05) is 18.2 Å². The van der Waals surface area contributed by atoms with E-state index in [9.17, 15) is 14.0 Å². The number of hydrogen-bond acceptors (Lipinski definition) is 4. The molecule has 0 saturated carbocycles. The molecule has 0 aromatic heterocycles. The highest BCUT2D eigenvalue weighted by atomic mass is 32.2. The van der Waals surface area contributed by atoms with Crippen molar-refractivity contribution in [3.63, 3.8) is 0 Å².